The fourth-order valence-electron chi connectivity index (χ4n) is 3.46. The molecule has 2 N–H and O–H groups in total. The molecular weight excluding hydrogens is 430 g/mol. The minimum atomic E-state index is -0.331. The van der Waals surface area contributed by atoms with Crippen molar-refractivity contribution >= 4 is 45.9 Å². The van der Waals surface area contributed by atoms with Crippen LogP contribution < -0.4 is 15.5 Å². The Kier molecular flexibility index (Phi) is 11.5. The zero-order valence-electron chi connectivity index (χ0n) is 20.3. The van der Waals surface area contributed by atoms with Gasteiger partial charge in [-0.05, 0) is 74.3 Å². The number of thiocarbonyl (C=S) groups is 1. The highest BCUT2D eigenvalue weighted by Gasteiger charge is 2.14. The third-order valence-electron chi connectivity index (χ3n) is 5.26. The molecule has 178 valence electrons. The molecule has 5 nitrogen and oxygen atoms in total. The number of anilines is 3. The molecule has 0 aliphatic heterocycles. The lowest BCUT2D eigenvalue weighted by atomic mass is 10.0. The van der Waals surface area contributed by atoms with Gasteiger partial charge in [-0.2, -0.15) is 0 Å². The Morgan fingerprint density at radius 2 is 1.67 bits per heavy atom. The molecule has 33 heavy (non-hydrogen) atoms. The van der Waals surface area contributed by atoms with E-state index in [0.717, 1.165) is 67.0 Å². The van der Waals surface area contributed by atoms with Crippen molar-refractivity contribution in [2.45, 2.75) is 53.4 Å². The third kappa shape index (κ3) is 8.89. The van der Waals surface area contributed by atoms with Crippen LogP contribution in [-0.4, -0.2) is 30.8 Å². The molecule has 0 aliphatic carbocycles. The molecule has 2 rings (SSSR count). The number of para-hydroxylation sites is 1. The Morgan fingerprint density at radius 1 is 1.00 bits per heavy atom. The molecule has 0 heterocycles. The number of ether oxygens (including phenoxy) is 1. The van der Waals surface area contributed by atoms with E-state index in [-0.39, 0.29) is 5.97 Å². The zero-order chi connectivity index (χ0) is 24.1. The Labute approximate surface area is 204 Å². The predicted octanol–water partition coefficient (Wildman–Crippen LogP) is 6.87. The number of unbranched alkanes of at least 4 members (excludes halogenated alkanes) is 2. The minimum Gasteiger partial charge on any atom is -0.463 e. The summed E-state index contributed by atoms with van der Waals surface area (Å²) in [6, 6.07) is 16.1. The van der Waals surface area contributed by atoms with Crippen LogP contribution in [0.4, 0.5) is 17.1 Å². The molecule has 2 aromatic carbocycles. The van der Waals surface area contributed by atoms with E-state index in [4.69, 9.17) is 17.0 Å². The van der Waals surface area contributed by atoms with E-state index < -0.39 is 0 Å². The van der Waals surface area contributed by atoms with E-state index in [9.17, 15) is 4.79 Å². The number of rotatable bonds is 12. The second-order valence-electron chi connectivity index (χ2n) is 7.95. The average Bonchev–Trinajstić information content (AvgIpc) is 2.80. The van der Waals surface area contributed by atoms with Crippen molar-refractivity contribution in [3.63, 3.8) is 0 Å². The van der Waals surface area contributed by atoms with Gasteiger partial charge in [0.25, 0.3) is 0 Å². The van der Waals surface area contributed by atoms with Crippen molar-refractivity contribution in [3.8, 4) is 0 Å². The quantitative estimate of drug-likeness (QED) is 0.202. The molecule has 0 radical (unpaired) electrons. The number of carbonyl (C=O) groups excluding carboxylic acids is 1. The molecule has 0 aromatic heterocycles. The lowest BCUT2D eigenvalue weighted by Crippen LogP contribution is -2.28. The van der Waals surface area contributed by atoms with Gasteiger partial charge in [0.1, 0.15) is 0 Å². The van der Waals surface area contributed by atoms with Gasteiger partial charge in [0.15, 0.2) is 5.11 Å². The first kappa shape index (κ1) is 26.4. The second-order valence-corrected chi connectivity index (χ2v) is 8.36. The second kappa shape index (κ2) is 14.3. The maximum absolute atomic E-state index is 12.0. The molecule has 0 atom stereocenters. The van der Waals surface area contributed by atoms with Gasteiger partial charge < -0.3 is 20.3 Å². The summed E-state index contributed by atoms with van der Waals surface area (Å²) in [5.74, 6) is -0.331. The molecule has 0 unspecified atom stereocenters. The Morgan fingerprint density at radius 3 is 2.27 bits per heavy atom. The van der Waals surface area contributed by atoms with Crippen molar-refractivity contribution in [2.24, 2.45) is 0 Å². The molecule has 0 amide bonds. The standard InChI is InChI=1S/C27H37N3O2S/c1-5-8-17-30(18-9-6-2)25-16-15-22(21(4)19-26(31)32-7-3)20-24(25)29-27(33)28-23-13-11-10-12-14-23/h10-16,19-20H,5-9,17-18H2,1-4H3,(H2,28,29,33)/b21-19+. The van der Waals surface area contributed by atoms with Gasteiger partial charge in [-0.1, -0.05) is 51.0 Å². The van der Waals surface area contributed by atoms with Crippen molar-refractivity contribution in [1.82, 2.24) is 0 Å². The van der Waals surface area contributed by atoms with Gasteiger partial charge in [-0.3, -0.25) is 0 Å². The van der Waals surface area contributed by atoms with Crippen LogP contribution in [0.5, 0.6) is 0 Å². The van der Waals surface area contributed by atoms with Crippen molar-refractivity contribution < 1.29 is 9.53 Å². The van der Waals surface area contributed by atoms with E-state index in [1.165, 1.54) is 6.08 Å². The summed E-state index contributed by atoms with van der Waals surface area (Å²) in [6.45, 7) is 10.5. The van der Waals surface area contributed by atoms with E-state index in [0.29, 0.717) is 11.7 Å². The topological polar surface area (TPSA) is 53.6 Å². The first-order valence-electron chi connectivity index (χ1n) is 11.9. The normalized spacial score (nSPS) is 11.1. The van der Waals surface area contributed by atoms with Crippen LogP contribution in [0.15, 0.2) is 54.6 Å². The lowest BCUT2D eigenvalue weighted by Gasteiger charge is -2.28. The fraction of sp³-hybridized carbons (Fsp3) is 0.407. The molecule has 0 bridgehead atoms. The van der Waals surface area contributed by atoms with Crippen molar-refractivity contribution in [2.75, 3.05) is 35.2 Å². The number of allylic oxidation sites excluding steroid dienone is 1. The molecule has 0 saturated carbocycles. The van der Waals surface area contributed by atoms with Crippen LogP contribution in [-0.2, 0) is 9.53 Å². The molecule has 0 saturated heterocycles. The lowest BCUT2D eigenvalue weighted by molar-refractivity contribution is -0.137. The summed E-state index contributed by atoms with van der Waals surface area (Å²) in [5.41, 5.74) is 4.76. The summed E-state index contributed by atoms with van der Waals surface area (Å²) >= 11 is 5.62. The number of hydrogen-bond donors (Lipinski definition) is 2. The Bertz CT molecular complexity index is 920. The number of carbonyl (C=O) groups is 1. The van der Waals surface area contributed by atoms with Gasteiger partial charge in [0, 0.05) is 24.9 Å². The molecule has 0 aliphatic rings. The van der Waals surface area contributed by atoms with E-state index in [1.54, 1.807) is 6.92 Å². The maximum Gasteiger partial charge on any atom is 0.331 e. The predicted molar refractivity (Wildman–Crippen MR) is 145 cm³/mol. The summed E-state index contributed by atoms with van der Waals surface area (Å²) in [5, 5.41) is 7.18. The highest BCUT2D eigenvalue weighted by atomic mass is 32.1. The first-order valence-corrected chi connectivity index (χ1v) is 12.3. The largest absolute Gasteiger partial charge is 0.463 e. The summed E-state index contributed by atoms with van der Waals surface area (Å²) in [6.07, 6.45) is 6.06. The van der Waals surface area contributed by atoms with Crippen LogP contribution >= 0.6 is 12.2 Å². The highest BCUT2D eigenvalue weighted by Crippen LogP contribution is 2.31. The minimum absolute atomic E-state index is 0.331. The van der Waals surface area contributed by atoms with Crippen LogP contribution in [0, 0.1) is 0 Å². The van der Waals surface area contributed by atoms with Gasteiger partial charge in [0.2, 0.25) is 0 Å². The number of nitrogens with one attached hydrogen (secondary N) is 2. The molecule has 6 heteroatoms. The summed E-state index contributed by atoms with van der Waals surface area (Å²) in [4.78, 5) is 14.4. The summed E-state index contributed by atoms with van der Waals surface area (Å²) < 4.78 is 5.08. The number of benzene rings is 2. The molecular formula is C27H37N3O2S. The summed E-state index contributed by atoms with van der Waals surface area (Å²) in [7, 11) is 0. The van der Waals surface area contributed by atoms with Crippen LogP contribution in [0.2, 0.25) is 0 Å². The SMILES string of the molecule is CCCCN(CCCC)c1ccc(/C(C)=C/C(=O)OCC)cc1NC(=S)Nc1ccccc1. The van der Waals surface area contributed by atoms with Gasteiger partial charge >= 0.3 is 5.97 Å². The van der Waals surface area contributed by atoms with Gasteiger partial charge in [0.05, 0.1) is 18.0 Å². The number of nitrogens with zero attached hydrogens (tertiary/aromatic N) is 1. The molecule has 0 fully saturated rings. The molecule has 2 aromatic rings. The van der Waals surface area contributed by atoms with Crippen LogP contribution in [0.3, 0.4) is 0 Å². The zero-order valence-corrected chi connectivity index (χ0v) is 21.1. The van der Waals surface area contributed by atoms with E-state index >= 15 is 0 Å². The van der Waals surface area contributed by atoms with Crippen LogP contribution in [0.1, 0.15) is 58.9 Å². The highest BCUT2D eigenvalue weighted by molar-refractivity contribution is 7.80. The molecule has 0 spiro atoms. The monoisotopic (exact) mass is 467 g/mol. The van der Waals surface area contributed by atoms with Gasteiger partial charge in [-0.15, -0.1) is 0 Å². The Hall–Kier alpha value is -2.86. The fourth-order valence-corrected chi connectivity index (χ4v) is 3.69. The Balaban J connectivity index is 2.37. The smallest absolute Gasteiger partial charge is 0.331 e. The van der Waals surface area contributed by atoms with E-state index in [2.05, 4.69) is 47.6 Å². The van der Waals surface area contributed by atoms with Crippen LogP contribution in [0.25, 0.3) is 5.57 Å². The number of hydrogen-bond acceptors (Lipinski definition) is 4. The third-order valence-corrected chi connectivity index (χ3v) is 5.46. The number of esters is 1. The maximum atomic E-state index is 12.0. The van der Waals surface area contributed by atoms with E-state index in [1.807, 2.05) is 37.3 Å². The first-order chi connectivity index (χ1) is 16.0. The van der Waals surface area contributed by atoms with Gasteiger partial charge in [-0.25, -0.2) is 4.79 Å². The average molecular weight is 468 g/mol. The van der Waals surface area contributed by atoms with Crippen molar-refractivity contribution in [1.29, 1.82) is 0 Å². The van der Waals surface area contributed by atoms with Crippen molar-refractivity contribution in [3.05, 3.63) is 60.2 Å².